The summed E-state index contributed by atoms with van der Waals surface area (Å²) in [6.45, 7) is 0. The van der Waals surface area contributed by atoms with Crippen LogP contribution in [-0.2, 0) is 4.79 Å². The molecule has 1 aromatic carbocycles. The van der Waals surface area contributed by atoms with Gasteiger partial charge in [-0.3, -0.25) is 0 Å². The number of nitrogens with zero attached hydrogens (tertiary/aromatic N) is 3. The smallest absolute Gasteiger partial charge is 0.149 e. The number of benzene rings is 1. The second-order valence-corrected chi connectivity index (χ2v) is 4.72. The zero-order valence-electron chi connectivity index (χ0n) is 11.9. The maximum Gasteiger partial charge on any atom is 0.149 e. The third kappa shape index (κ3) is 2.50. The van der Waals surface area contributed by atoms with Gasteiger partial charge in [0.25, 0.3) is 0 Å². The molecule has 0 aliphatic rings. The molecule has 2 heterocycles. The van der Waals surface area contributed by atoms with Crippen LogP contribution >= 0.6 is 0 Å². The van der Waals surface area contributed by atoms with Crippen molar-refractivity contribution < 1.29 is 9.21 Å². The van der Waals surface area contributed by atoms with Gasteiger partial charge in [-0.15, -0.1) is 0 Å². The van der Waals surface area contributed by atoms with E-state index in [1.807, 2.05) is 30.3 Å². The molecule has 6 nitrogen and oxygen atoms in total. The van der Waals surface area contributed by atoms with E-state index in [4.69, 9.17) is 4.42 Å². The van der Waals surface area contributed by atoms with Crippen LogP contribution in [0.4, 0.5) is 0 Å². The van der Waals surface area contributed by atoms with Crippen molar-refractivity contribution in [2.75, 3.05) is 0 Å². The van der Waals surface area contributed by atoms with Crippen LogP contribution in [-0.4, -0.2) is 16.3 Å². The van der Waals surface area contributed by atoms with Gasteiger partial charge in [0.05, 0.1) is 23.4 Å². The molecular weight excluding hydrogens is 292 g/mol. The Morgan fingerprint density at radius 2 is 2.09 bits per heavy atom. The Bertz CT molecular complexity index is 935. The molecule has 23 heavy (non-hydrogen) atoms. The van der Waals surface area contributed by atoms with Crippen molar-refractivity contribution in [3.8, 4) is 12.1 Å². The summed E-state index contributed by atoms with van der Waals surface area (Å²) in [5.41, 5.74) is 1.76. The fourth-order valence-corrected chi connectivity index (χ4v) is 2.34. The van der Waals surface area contributed by atoms with E-state index < -0.39 is 5.92 Å². The molecule has 1 N–H and O–H groups in total. The van der Waals surface area contributed by atoms with Crippen molar-refractivity contribution in [3.63, 3.8) is 0 Å². The summed E-state index contributed by atoms with van der Waals surface area (Å²) in [6, 6.07) is 14.4. The van der Waals surface area contributed by atoms with Gasteiger partial charge in [-0.25, -0.2) is 4.98 Å². The number of carbonyl (C=O) groups is 1. The molecule has 1 atom stereocenters. The van der Waals surface area contributed by atoms with E-state index in [1.54, 1.807) is 18.2 Å². The van der Waals surface area contributed by atoms with Crippen molar-refractivity contribution >= 4 is 28.5 Å². The van der Waals surface area contributed by atoms with Gasteiger partial charge in [-0.2, -0.15) is 10.5 Å². The fraction of sp³-hybridized carbons (Fsp3) is 0.0588. The molecule has 0 bridgehead atoms. The number of furan rings is 1. The minimum Gasteiger partial charge on any atom is -0.465 e. The minimum absolute atomic E-state index is 0.106. The van der Waals surface area contributed by atoms with Crippen LogP contribution in [0.2, 0.25) is 0 Å². The van der Waals surface area contributed by atoms with Crippen molar-refractivity contribution in [2.45, 2.75) is 0 Å². The largest absolute Gasteiger partial charge is 0.465 e. The zero-order valence-corrected chi connectivity index (χ0v) is 11.9. The van der Waals surface area contributed by atoms with E-state index in [9.17, 15) is 15.3 Å². The van der Waals surface area contributed by atoms with Crippen LogP contribution in [0.3, 0.4) is 0 Å². The van der Waals surface area contributed by atoms with Crippen molar-refractivity contribution in [2.24, 2.45) is 5.92 Å². The topological polar surface area (TPSA) is 106 Å². The van der Waals surface area contributed by atoms with Gasteiger partial charge in [0.1, 0.15) is 35.4 Å². The first-order valence-electron chi connectivity index (χ1n) is 6.76. The zero-order chi connectivity index (χ0) is 16.2. The summed E-state index contributed by atoms with van der Waals surface area (Å²) >= 11 is 0. The molecular formula is C17H10N4O2. The molecule has 2 aromatic heterocycles. The maximum atomic E-state index is 11.3. The normalized spacial score (nSPS) is 13.0. The number of aldehydes is 1. The Morgan fingerprint density at radius 3 is 2.70 bits per heavy atom. The highest BCUT2D eigenvalue weighted by Crippen LogP contribution is 2.31. The lowest BCUT2D eigenvalue weighted by Gasteiger charge is -2.07. The fourth-order valence-electron chi connectivity index (χ4n) is 2.34. The second-order valence-electron chi connectivity index (χ2n) is 4.72. The lowest BCUT2D eigenvalue weighted by molar-refractivity contribution is -0.108. The van der Waals surface area contributed by atoms with Gasteiger partial charge in [-0.05, 0) is 24.3 Å². The van der Waals surface area contributed by atoms with E-state index in [2.05, 4.69) is 9.97 Å². The highest BCUT2D eigenvalue weighted by molar-refractivity contribution is 6.01. The SMILES string of the molecule is N#C/C(=C(\c1ccco1)[C@H](C#N)C=O)c1nc2ccccc2[nH]1. The van der Waals surface area contributed by atoms with E-state index >= 15 is 0 Å². The molecule has 0 fully saturated rings. The van der Waals surface area contributed by atoms with Gasteiger partial charge in [0.15, 0.2) is 0 Å². The van der Waals surface area contributed by atoms with Crippen LogP contribution in [0.15, 0.2) is 47.1 Å². The number of fused-ring (bicyclic) bond motifs is 1. The number of nitrogens with one attached hydrogen (secondary N) is 1. The summed E-state index contributed by atoms with van der Waals surface area (Å²) in [6.07, 6.45) is 1.90. The highest BCUT2D eigenvalue weighted by Gasteiger charge is 2.24. The predicted octanol–water partition coefficient (Wildman–Crippen LogP) is 2.93. The number of hydrogen-bond donors (Lipinski definition) is 1. The molecule has 0 amide bonds. The molecule has 0 aliphatic carbocycles. The van der Waals surface area contributed by atoms with Crippen molar-refractivity contribution in [1.29, 1.82) is 10.5 Å². The molecule has 0 unspecified atom stereocenters. The summed E-state index contributed by atoms with van der Waals surface area (Å²) in [4.78, 5) is 18.7. The number of nitriles is 2. The van der Waals surface area contributed by atoms with Gasteiger partial charge >= 0.3 is 0 Å². The van der Waals surface area contributed by atoms with Crippen LogP contribution in [0.5, 0.6) is 0 Å². The number of H-pyrrole nitrogens is 1. The van der Waals surface area contributed by atoms with Gasteiger partial charge < -0.3 is 14.2 Å². The van der Waals surface area contributed by atoms with Crippen LogP contribution in [0.1, 0.15) is 11.6 Å². The van der Waals surface area contributed by atoms with E-state index in [-0.39, 0.29) is 11.1 Å². The predicted molar refractivity (Wildman–Crippen MR) is 82.4 cm³/mol. The van der Waals surface area contributed by atoms with E-state index in [0.29, 0.717) is 23.4 Å². The molecule has 6 heteroatoms. The monoisotopic (exact) mass is 302 g/mol. The molecule has 0 radical (unpaired) electrons. The van der Waals surface area contributed by atoms with E-state index in [0.717, 1.165) is 5.52 Å². The van der Waals surface area contributed by atoms with Crippen molar-refractivity contribution in [3.05, 3.63) is 54.2 Å². The average Bonchev–Trinajstić information content (AvgIpc) is 3.24. The first-order valence-corrected chi connectivity index (χ1v) is 6.76. The highest BCUT2D eigenvalue weighted by atomic mass is 16.3. The third-order valence-electron chi connectivity index (χ3n) is 3.38. The molecule has 0 spiro atoms. The Hall–Kier alpha value is -3.64. The standard InChI is InChI=1S/C17H10N4O2/c18-8-11(10-22)16(15-6-3-7-23-15)12(9-19)17-20-13-4-1-2-5-14(13)21-17/h1-7,10-11H,(H,20,21)/b16-12+/t11-/m1/s1. The summed E-state index contributed by atoms with van der Waals surface area (Å²) < 4.78 is 5.30. The molecule has 110 valence electrons. The number of carbonyl (C=O) groups excluding carboxylic acids is 1. The number of imidazole rings is 1. The maximum absolute atomic E-state index is 11.3. The molecule has 0 aliphatic heterocycles. The average molecular weight is 302 g/mol. The Kier molecular flexibility index (Phi) is 3.73. The Morgan fingerprint density at radius 1 is 1.26 bits per heavy atom. The molecule has 0 saturated heterocycles. The number of rotatable bonds is 4. The minimum atomic E-state index is -1.12. The van der Waals surface area contributed by atoms with Gasteiger partial charge in [-0.1, -0.05) is 12.1 Å². The first-order chi connectivity index (χ1) is 11.3. The van der Waals surface area contributed by atoms with Gasteiger partial charge in [0, 0.05) is 5.57 Å². The number of hydrogen-bond acceptors (Lipinski definition) is 5. The summed E-state index contributed by atoms with van der Waals surface area (Å²) in [7, 11) is 0. The molecule has 3 rings (SSSR count). The van der Waals surface area contributed by atoms with Gasteiger partial charge in [0.2, 0.25) is 0 Å². The number of para-hydroxylation sites is 2. The lowest BCUT2D eigenvalue weighted by Crippen LogP contribution is -2.05. The Balaban J connectivity index is 2.28. The number of aromatic amines is 1. The Labute approximate surface area is 131 Å². The third-order valence-corrected chi connectivity index (χ3v) is 3.38. The molecule has 3 aromatic rings. The lowest BCUT2D eigenvalue weighted by atomic mass is 9.94. The molecule has 0 saturated carbocycles. The summed E-state index contributed by atoms with van der Waals surface area (Å²) in [5.74, 6) is -0.535. The van der Waals surface area contributed by atoms with Crippen molar-refractivity contribution in [1.82, 2.24) is 9.97 Å². The van der Waals surface area contributed by atoms with Crippen LogP contribution < -0.4 is 0 Å². The second kappa shape index (κ2) is 6.00. The number of allylic oxidation sites excluding steroid dienone is 2. The van der Waals surface area contributed by atoms with Crippen LogP contribution in [0, 0.1) is 28.6 Å². The summed E-state index contributed by atoms with van der Waals surface area (Å²) in [5, 5.41) is 18.8. The number of aromatic nitrogens is 2. The van der Waals surface area contributed by atoms with Crippen LogP contribution in [0.25, 0.3) is 22.2 Å². The van der Waals surface area contributed by atoms with E-state index in [1.165, 1.54) is 6.26 Å². The quantitative estimate of drug-likeness (QED) is 0.589. The first kappa shape index (κ1) is 14.3.